The van der Waals surface area contributed by atoms with Gasteiger partial charge in [-0.1, -0.05) is 50.2 Å². The minimum absolute atomic E-state index is 0.141. The second-order valence-electron chi connectivity index (χ2n) is 9.25. The summed E-state index contributed by atoms with van der Waals surface area (Å²) >= 11 is 0. The molecule has 0 aliphatic rings. The van der Waals surface area contributed by atoms with Crippen molar-refractivity contribution in [1.82, 2.24) is 10.2 Å². The molecule has 0 heterocycles. The maximum atomic E-state index is 13.4. The molecule has 0 aliphatic carbocycles. The van der Waals surface area contributed by atoms with E-state index in [1.165, 1.54) is 10.6 Å². The van der Waals surface area contributed by atoms with Crippen LogP contribution in [0.4, 0.5) is 5.69 Å². The summed E-state index contributed by atoms with van der Waals surface area (Å²) in [5.41, 5.74) is 3.79. The van der Waals surface area contributed by atoms with Gasteiger partial charge in [0, 0.05) is 26.1 Å². The Morgan fingerprint density at radius 1 is 0.972 bits per heavy atom. The monoisotopic (exact) mass is 515 g/mol. The molecule has 0 fully saturated rings. The number of rotatable bonds is 14. The lowest BCUT2D eigenvalue weighted by Gasteiger charge is -2.31. The van der Waals surface area contributed by atoms with Crippen LogP contribution in [0.5, 0.6) is 0 Å². The summed E-state index contributed by atoms with van der Waals surface area (Å²) in [5, 5.41) is 2.92. The van der Waals surface area contributed by atoms with Crippen LogP contribution < -0.4 is 9.62 Å². The number of aryl methyl sites for hydroxylation is 2. The molecule has 36 heavy (non-hydrogen) atoms. The lowest BCUT2D eigenvalue weighted by Crippen LogP contribution is -2.50. The van der Waals surface area contributed by atoms with Crippen LogP contribution in [0.3, 0.4) is 0 Å². The van der Waals surface area contributed by atoms with Gasteiger partial charge in [-0.05, 0) is 68.4 Å². The molecule has 0 saturated carbocycles. The SMILES string of the molecule is CCCNC(=O)C(CC)N(CCc1ccccc1)C(=O)CCCN(c1ccc(C)c(C)c1)S(C)(=O)=O. The predicted molar refractivity (Wildman–Crippen MR) is 147 cm³/mol. The van der Waals surface area contributed by atoms with Crippen LogP contribution in [0.1, 0.15) is 56.2 Å². The van der Waals surface area contributed by atoms with Crippen LogP contribution in [-0.2, 0) is 26.0 Å². The predicted octanol–water partition coefficient (Wildman–Crippen LogP) is 4.23. The lowest BCUT2D eigenvalue weighted by atomic mass is 10.1. The summed E-state index contributed by atoms with van der Waals surface area (Å²) in [7, 11) is -3.51. The van der Waals surface area contributed by atoms with Crippen molar-refractivity contribution in [3.05, 3.63) is 65.2 Å². The number of hydrogen-bond donors (Lipinski definition) is 1. The molecule has 2 amide bonds. The zero-order chi connectivity index (χ0) is 26.7. The number of amides is 2. The van der Waals surface area contributed by atoms with Gasteiger partial charge in [0.05, 0.1) is 11.9 Å². The second kappa shape index (κ2) is 14.0. The molecule has 2 rings (SSSR count). The van der Waals surface area contributed by atoms with E-state index in [1.807, 2.05) is 70.2 Å². The summed E-state index contributed by atoms with van der Waals surface area (Å²) in [6, 6.07) is 14.9. The van der Waals surface area contributed by atoms with Gasteiger partial charge in [0.1, 0.15) is 6.04 Å². The Kier molecular flexibility index (Phi) is 11.4. The number of nitrogens with zero attached hydrogens (tertiary/aromatic N) is 2. The molecule has 1 unspecified atom stereocenters. The minimum atomic E-state index is -3.51. The zero-order valence-electron chi connectivity index (χ0n) is 22.3. The molecule has 2 aromatic carbocycles. The van der Waals surface area contributed by atoms with E-state index in [4.69, 9.17) is 0 Å². The second-order valence-corrected chi connectivity index (χ2v) is 11.2. The first-order valence-corrected chi connectivity index (χ1v) is 14.6. The molecule has 1 atom stereocenters. The summed E-state index contributed by atoms with van der Waals surface area (Å²) in [4.78, 5) is 27.9. The highest BCUT2D eigenvalue weighted by Crippen LogP contribution is 2.22. The van der Waals surface area contributed by atoms with E-state index in [0.29, 0.717) is 38.0 Å². The van der Waals surface area contributed by atoms with E-state index in [2.05, 4.69) is 5.32 Å². The van der Waals surface area contributed by atoms with Crippen LogP contribution in [0, 0.1) is 13.8 Å². The number of nitrogens with one attached hydrogen (secondary N) is 1. The van der Waals surface area contributed by atoms with Crippen LogP contribution in [0.2, 0.25) is 0 Å². The van der Waals surface area contributed by atoms with Gasteiger partial charge in [-0.25, -0.2) is 8.42 Å². The number of hydrogen-bond acceptors (Lipinski definition) is 4. The van der Waals surface area contributed by atoms with Gasteiger partial charge in [-0.3, -0.25) is 13.9 Å². The van der Waals surface area contributed by atoms with E-state index < -0.39 is 16.1 Å². The maximum absolute atomic E-state index is 13.4. The molecule has 0 saturated heterocycles. The third kappa shape index (κ3) is 8.66. The molecule has 198 valence electrons. The molecular weight excluding hydrogens is 474 g/mol. The van der Waals surface area contributed by atoms with Crippen molar-refractivity contribution in [2.45, 2.75) is 65.8 Å². The molecule has 0 aliphatic heterocycles. The van der Waals surface area contributed by atoms with Gasteiger partial charge in [-0.15, -0.1) is 0 Å². The van der Waals surface area contributed by atoms with E-state index in [-0.39, 0.29) is 24.8 Å². The van der Waals surface area contributed by atoms with E-state index in [0.717, 1.165) is 23.1 Å². The van der Waals surface area contributed by atoms with E-state index in [9.17, 15) is 18.0 Å². The van der Waals surface area contributed by atoms with Crippen molar-refractivity contribution in [3.8, 4) is 0 Å². The molecule has 8 heteroatoms. The summed E-state index contributed by atoms with van der Waals surface area (Å²) < 4.78 is 26.4. The highest BCUT2D eigenvalue weighted by Gasteiger charge is 2.28. The van der Waals surface area contributed by atoms with Crippen LogP contribution in [0.15, 0.2) is 48.5 Å². The van der Waals surface area contributed by atoms with E-state index >= 15 is 0 Å². The van der Waals surface area contributed by atoms with Gasteiger partial charge in [0.15, 0.2) is 0 Å². The molecule has 0 spiro atoms. The molecule has 0 aromatic heterocycles. The fraction of sp³-hybridized carbons (Fsp3) is 0.500. The first kappa shape index (κ1) is 29.4. The first-order valence-electron chi connectivity index (χ1n) is 12.7. The number of carbonyl (C=O) groups excluding carboxylic acids is 2. The van der Waals surface area contributed by atoms with Crippen LogP contribution >= 0.6 is 0 Å². The van der Waals surface area contributed by atoms with E-state index in [1.54, 1.807) is 11.0 Å². The Hall–Kier alpha value is -2.87. The molecular formula is C28H41N3O4S. The Morgan fingerprint density at radius 3 is 2.25 bits per heavy atom. The lowest BCUT2D eigenvalue weighted by molar-refractivity contribution is -0.140. The smallest absolute Gasteiger partial charge is 0.242 e. The van der Waals surface area contributed by atoms with Crippen molar-refractivity contribution in [2.24, 2.45) is 0 Å². The van der Waals surface area contributed by atoms with Crippen molar-refractivity contribution < 1.29 is 18.0 Å². The maximum Gasteiger partial charge on any atom is 0.242 e. The number of sulfonamides is 1. The summed E-state index contributed by atoms with van der Waals surface area (Å²) in [6.45, 7) is 9.00. The summed E-state index contributed by atoms with van der Waals surface area (Å²) in [5.74, 6) is -0.286. The fourth-order valence-corrected chi connectivity index (χ4v) is 5.10. The zero-order valence-corrected chi connectivity index (χ0v) is 23.1. The Balaban J connectivity index is 2.15. The standard InChI is InChI=1S/C28H41N3O4S/c1-6-18-29-28(33)26(7-2)30(20-17-24-12-9-8-10-13-24)27(32)14-11-19-31(36(5,34)35)25-16-15-22(3)23(4)21-25/h8-10,12-13,15-16,21,26H,6-7,11,14,17-20H2,1-5H3,(H,29,33). The largest absolute Gasteiger partial charge is 0.354 e. The Bertz CT molecular complexity index is 1100. The average molecular weight is 516 g/mol. The highest BCUT2D eigenvalue weighted by atomic mass is 32.2. The normalized spacial score (nSPS) is 12.1. The van der Waals surface area contributed by atoms with Crippen LogP contribution in [-0.4, -0.2) is 57.1 Å². The molecule has 2 aromatic rings. The molecule has 7 nitrogen and oxygen atoms in total. The molecule has 0 bridgehead atoms. The number of carbonyl (C=O) groups is 2. The van der Waals surface area contributed by atoms with Crippen molar-refractivity contribution in [3.63, 3.8) is 0 Å². The third-order valence-corrected chi connectivity index (χ3v) is 7.54. The van der Waals surface area contributed by atoms with Crippen molar-refractivity contribution in [1.29, 1.82) is 0 Å². The average Bonchev–Trinajstić information content (AvgIpc) is 2.84. The van der Waals surface area contributed by atoms with Crippen LogP contribution in [0.25, 0.3) is 0 Å². The first-order chi connectivity index (χ1) is 17.1. The van der Waals surface area contributed by atoms with Gasteiger partial charge in [0.25, 0.3) is 0 Å². The van der Waals surface area contributed by atoms with Gasteiger partial charge in [-0.2, -0.15) is 0 Å². The highest BCUT2D eigenvalue weighted by molar-refractivity contribution is 7.92. The third-order valence-electron chi connectivity index (χ3n) is 6.35. The van der Waals surface area contributed by atoms with Gasteiger partial charge >= 0.3 is 0 Å². The fourth-order valence-electron chi connectivity index (χ4n) is 4.15. The molecule has 0 radical (unpaired) electrons. The Labute approximate surface area is 216 Å². The Morgan fingerprint density at radius 2 is 1.67 bits per heavy atom. The number of benzene rings is 2. The quantitative estimate of drug-likeness (QED) is 0.408. The summed E-state index contributed by atoms with van der Waals surface area (Å²) in [6.07, 6.45) is 3.66. The van der Waals surface area contributed by atoms with Crippen molar-refractivity contribution >= 4 is 27.5 Å². The molecule has 1 N–H and O–H groups in total. The van der Waals surface area contributed by atoms with Gasteiger partial charge < -0.3 is 10.2 Å². The minimum Gasteiger partial charge on any atom is -0.354 e. The number of anilines is 1. The topological polar surface area (TPSA) is 86.8 Å². The van der Waals surface area contributed by atoms with Crippen molar-refractivity contribution in [2.75, 3.05) is 30.2 Å². The van der Waals surface area contributed by atoms with Gasteiger partial charge in [0.2, 0.25) is 21.8 Å².